The normalized spacial score (nSPS) is 14.3. The van der Waals surface area contributed by atoms with Gasteiger partial charge in [0.25, 0.3) is 0 Å². The third kappa shape index (κ3) is 8.92. The van der Waals surface area contributed by atoms with Crippen LogP contribution in [0.4, 0.5) is 0 Å². The van der Waals surface area contributed by atoms with Crippen molar-refractivity contribution in [1.29, 1.82) is 0 Å². The quantitative estimate of drug-likeness (QED) is 0.686. The third-order valence-electron chi connectivity index (χ3n) is 3.16. The standard InChI is InChI=1S/C14H32N2S/c1-7-9-15-13(14(2,3)4)8-10-16(5)11-12-17-6/h13,15H,7-12H2,1-6H3. The smallest absolute Gasteiger partial charge is 0.0128 e. The van der Waals surface area contributed by atoms with E-state index in [1.807, 2.05) is 11.8 Å². The van der Waals surface area contributed by atoms with E-state index in [-0.39, 0.29) is 0 Å². The van der Waals surface area contributed by atoms with E-state index in [0.717, 1.165) is 6.54 Å². The molecule has 2 nitrogen and oxygen atoms in total. The van der Waals surface area contributed by atoms with Crippen molar-refractivity contribution < 1.29 is 0 Å². The number of hydrogen-bond acceptors (Lipinski definition) is 3. The predicted molar refractivity (Wildman–Crippen MR) is 82.0 cm³/mol. The first kappa shape index (κ1) is 17.3. The van der Waals surface area contributed by atoms with Crippen molar-refractivity contribution in [1.82, 2.24) is 10.2 Å². The van der Waals surface area contributed by atoms with Crippen LogP contribution < -0.4 is 5.32 Å². The van der Waals surface area contributed by atoms with Gasteiger partial charge in [-0.3, -0.25) is 0 Å². The van der Waals surface area contributed by atoms with Crippen LogP contribution in [-0.2, 0) is 0 Å². The molecule has 0 saturated heterocycles. The first-order valence-electron chi connectivity index (χ1n) is 6.82. The Bertz CT molecular complexity index is 178. The molecule has 3 heteroatoms. The zero-order valence-electron chi connectivity index (χ0n) is 12.7. The molecule has 0 aliphatic rings. The number of nitrogens with one attached hydrogen (secondary N) is 1. The summed E-state index contributed by atoms with van der Waals surface area (Å²) in [6.45, 7) is 12.8. The Morgan fingerprint density at radius 3 is 2.35 bits per heavy atom. The Labute approximate surface area is 113 Å². The molecule has 0 bridgehead atoms. The summed E-state index contributed by atoms with van der Waals surface area (Å²) in [5.74, 6) is 1.24. The molecular formula is C14H32N2S. The van der Waals surface area contributed by atoms with E-state index in [2.05, 4.69) is 51.2 Å². The second kappa shape index (κ2) is 9.23. The fourth-order valence-corrected chi connectivity index (χ4v) is 2.36. The van der Waals surface area contributed by atoms with Crippen LogP contribution in [0.1, 0.15) is 40.5 Å². The molecule has 0 saturated carbocycles. The van der Waals surface area contributed by atoms with Crippen molar-refractivity contribution in [3.05, 3.63) is 0 Å². The highest BCUT2D eigenvalue weighted by atomic mass is 32.2. The van der Waals surface area contributed by atoms with E-state index in [0.29, 0.717) is 11.5 Å². The minimum Gasteiger partial charge on any atom is -0.313 e. The van der Waals surface area contributed by atoms with Gasteiger partial charge in [-0.1, -0.05) is 27.7 Å². The molecule has 0 aliphatic carbocycles. The molecule has 1 N–H and O–H groups in total. The Morgan fingerprint density at radius 2 is 1.88 bits per heavy atom. The molecule has 1 atom stereocenters. The van der Waals surface area contributed by atoms with Crippen molar-refractivity contribution in [3.8, 4) is 0 Å². The lowest BCUT2D eigenvalue weighted by Crippen LogP contribution is -2.43. The SMILES string of the molecule is CCCNC(CCN(C)CCSC)C(C)(C)C. The van der Waals surface area contributed by atoms with Crippen molar-refractivity contribution in [3.63, 3.8) is 0 Å². The highest BCUT2D eigenvalue weighted by Gasteiger charge is 2.23. The zero-order valence-corrected chi connectivity index (χ0v) is 13.5. The largest absolute Gasteiger partial charge is 0.313 e. The van der Waals surface area contributed by atoms with Gasteiger partial charge in [0, 0.05) is 18.3 Å². The number of nitrogens with zero attached hydrogens (tertiary/aromatic N) is 1. The van der Waals surface area contributed by atoms with Crippen molar-refractivity contribution in [2.75, 3.05) is 38.7 Å². The first-order valence-corrected chi connectivity index (χ1v) is 8.22. The maximum absolute atomic E-state index is 3.69. The van der Waals surface area contributed by atoms with Crippen LogP contribution in [0.2, 0.25) is 0 Å². The van der Waals surface area contributed by atoms with Gasteiger partial charge < -0.3 is 10.2 Å². The molecule has 0 aromatic heterocycles. The van der Waals surface area contributed by atoms with Gasteiger partial charge >= 0.3 is 0 Å². The van der Waals surface area contributed by atoms with Crippen LogP contribution in [-0.4, -0.2) is 49.6 Å². The summed E-state index contributed by atoms with van der Waals surface area (Å²) in [7, 11) is 2.23. The van der Waals surface area contributed by atoms with Gasteiger partial charge in [-0.2, -0.15) is 11.8 Å². The van der Waals surface area contributed by atoms with Gasteiger partial charge in [-0.05, 0) is 44.6 Å². The fraction of sp³-hybridized carbons (Fsp3) is 1.00. The third-order valence-corrected chi connectivity index (χ3v) is 3.75. The van der Waals surface area contributed by atoms with Crippen LogP contribution in [0.3, 0.4) is 0 Å². The molecule has 104 valence electrons. The summed E-state index contributed by atoms with van der Waals surface area (Å²) < 4.78 is 0. The van der Waals surface area contributed by atoms with Crippen molar-refractivity contribution >= 4 is 11.8 Å². The molecule has 0 aromatic rings. The summed E-state index contributed by atoms with van der Waals surface area (Å²) >= 11 is 1.93. The monoisotopic (exact) mass is 260 g/mol. The maximum atomic E-state index is 3.69. The second-order valence-electron chi connectivity index (χ2n) is 5.96. The topological polar surface area (TPSA) is 15.3 Å². The number of thioether (sulfide) groups is 1. The molecule has 0 amide bonds. The molecule has 17 heavy (non-hydrogen) atoms. The number of rotatable bonds is 9. The summed E-state index contributed by atoms with van der Waals surface area (Å²) in [4.78, 5) is 2.45. The number of hydrogen-bond donors (Lipinski definition) is 1. The van der Waals surface area contributed by atoms with Crippen molar-refractivity contribution in [2.24, 2.45) is 5.41 Å². The molecule has 0 fully saturated rings. The molecule has 0 radical (unpaired) electrons. The Kier molecular flexibility index (Phi) is 9.38. The summed E-state index contributed by atoms with van der Waals surface area (Å²) in [5, 5.41) is 3.69. The average Bonchev–Trinajstić information content (AvgIpc) is 2.24. The van der Waals surface area contributed by atoms with Crippen LogP contribution in [0.15, 0.2) is 0 Å². The van der Waals surface area contributed by atoms with E-state index in [1.165, 1.54) is 31.7 Å². The van der Waals surface area contributed by atoms with Gasteiger partial charge in [-0.15, -0.1) is 0 Å². The second-order valence-corrected chi connectivity index (χ2v) is 6.94. The Morgan fingerprint density at radius 1 is 1.24 bits per heavy atom. The Balaban J connectivity index is 3.98. The molecular weight excluding hydrogens is 228 g/mol. The van der Waals surface area contributed by atoms with E-state index >= 15 is 0 Å². The lowest BCUT2D eigenvalue weighted by atomic mass is 9.84. The van der Waals surface area contributed by atoms with Gasteiger partial charge in [0.05, 0.1) is 0 Å². The molecule has 0 spiro atoms. The summed E-state index contributed by atoms with van der Waals surface area (Å²) in [6.07, 6.45) is 4.64. The van der Waals surface area contributed by atoms with Crippen LogP contribution >= 0.6 is 11.8 Å². The minimum absolute atomic E-state index is 0.357. The predicted octanol–water partition coefficient (Wildman–Crippen LogP) is 3.09. The van der Waals surface area contributed by atoms with E-state index in [9.17, 15) is 0 Å². The summed E-state index contributed by atoms with van der Waals surface area (Å²) in [6, 6.07) is 0.624. The summed E-state index contributed by atoms with van der Waals surface area (Å²) in [5.41, 5.74) is 0.357. The first-order chi connectivity index (χ1) is 7.91. The van der Waals surface area contributed by atoms with Gasteiger partial charge in [0.1, 0.15) is 0 Å². The van der Waals surface area contributed by atoms with Crippen LogP contribution in [0, 0.1) is 5.41 Å². The van der Waals surface area contributed by atoms with Crippen LogP contribution in [0.25, 0.3) is 0 Å². The molecule has 0 aromatic carbocycles. The highest BCUT2D eigenvalue weighted by molar-refractivity contribution is 7.98. The highest BCUT2D eigenvalue weighted by Crippen LogP contribution is 2.22. The average molecular weight is 260 g/mol. The zero-order chi connectivity index (χ0) is 13.3. The molecule has 0 aliphatic heterocycles. The maximum Gasteiger partial charge on any atom is 0.0128 e. The molecule has 0 rings (SSSR count). The lowest BCUT2D eigenvalue weighted by molar-refractivity contribution is 0.225. The minimum atomic E-state index is 0.357. The van der Waals surface area contributed by atoms with E-state index < -0.39 is 0 Å². The fourth-order valence-electron chi connectivity index (χ4n) is 1.87. The lowest BCUT2D eigenvalue weighted by Gasteiger charge is -2.33. The Hall–Kier alpha value is 0.270. The molecule has 0 heterocycles. The van der Waals surface area contributed by atoms with Gasteiger partial charge in [0.15, 0.2) is 0 Å². The van der Waals surface area contributed by atoms with Gasteiger partial charge in [0.2, 0.25) is 0 Å². The van der Waals surface area contributed by atoms with E-state index in [4.69, 9.17) is 0 Å². The van der Waals surface area contributed by atoms with Gasteiger partial charge in [-0.25, -0.2) is 0 Å². The molecule has 1 unspecified atom stereocenters. The van der Waals surface area contributed by atoms with E-state index in [1.54, 1.807) is 0 Å². The van der Waals surface area contributed by atoms with Crippen LogP contribution in [0.5, 0.6) is 0 Å². The van der Waals surface area contributed by atoms with Crippen molar-refractivity contribution in [2.45, 2.75) is 46.6 Å².